The Kier molecular flexibility index (Phi) is 66.8. The van der Waals surface area contributed by atoms with Crippen molar-refractivity contribution in [1.29, 1.82) is 0 Å². The van der Waals surface area contributed by atoms with Crippen molar-refractivity contribution in [2.75, 3.05) is 185 Å². The SMILES string of the molecule is CCC(COCCC(=O)CCCOCCOCCOCCC(=O)NCCCCCCCC(=O)O)(COCCC(=O)CCCOCCOCCOCCC(=O)NCCCCCCCC(=O)O)COCCC(=O)NCCOCCOCCOCCC(=O)NCCCCCCCC(C)=O. The quantitative estimate of drug-likeness (QED) is 0.0338. The molecule has 0 unspecified atom stereocenters. The highest BCUT2D eigenvalue weighted by Gasteiger charge is 2.30. The molecule has 0 aliphatic rings. The number of carboxylic acid groups (broad SMARTS) is 2. The van der Waals surface area contributed by atoms with E-state index in [1.807, 2.05) is 6.92 Å². The molecule has 0 spiro atoms. The molecule has 0 heterocycles. The zero-order chi connectivity index (χ0) is 70.3. The average molecular weight is 1380 g/mol. The van der Waals surface area contributed by atoms with Crippen LogP contribution in [0.15, 0.2) is 0 Å². The molecule has 0 saturated heterocycles. The molecular formula is C69H126N4O23. The summed E-state index contributed by atoms with van der Waals surface area (Å²) in [4.78, 5) is 106. The number of hydrogen-bond donors (Lipinski definition) is 6. The lowest BCUT2D eigenvalue weighted by Gasteiger charge is -2.32. The molecule has 6 N–H and O–H groups in total. The van der Waals surface area contributed by atoms with Crippen molar-refractivity contribution in [2.24, 2.45) is 5.41 Å². The van der Waals surface area contributed by atoms with Crippen molar-refractivity contribution in [2.45, 2.75) is 200 Å². The highest BCUT2D eigenvalue weighted by Crippen LogP contribution is 2.25. The molecule has 0 aromatic rings. The van der Waals surface area contributed by atoms with Crippen LogP contribution in [0.2, 0.25) is 0 Å². The number of ketones is 3. The van der Waals surface area contributed by atoms with Crippen molar-refractivity contribution in [3.05, 3.63) is 0 Å². The van der Waals surface area contributed by atoms with E-state index in [0.717, 1.165) is 83.5 Å². The van der Waals surface area contributed by atoms with E-state index in [-0.39, 0.29) is 132 Å². The number of carbonyl (C=O) groups is 9. The summed E-state index contributed by atoms with van der Waals surface area (Å²) in [7, 11) is 0. The van der Waals surface area contributed by atoms with Gasteiger partial charge in [0.15, 0.2) is 0 Å². The van der Waals surface area contributed by atoms with E-state index in [9.17, 15) is 43.2 Å². The van der Waals surface area contributed by atoms with Crippen LogP contribution in [0.1, 0.15) is 200 Å². The second-order valence-electron chi connectivity index (χ2n) is 23.7. The van der Waals surface area contributed by atoms with Gasteiger partial charge in [0.25, 0.3) is 0 Å². The molecular weight excluding hydrogens is 1250 g/mol. The maximum absolute atomic E-state index is 12.8. The van der Waals surface area contributed by atoms with Gasteiger partial charge in [-0.25, -0.2) is 0 Å². The zero-order valence-electron chi connectivity index (χ0n) is 58.8. The first-order chi connectivity index (χ1) is 46.7. The van der Waals surface area contributed by atoms with E-state index >= 15 is 0 Å². The Morgan fingerprint density at radius 3 is 0.844 bits per heavy atom. The van der Waals surface area contributed by atoms with Gasteiger partial charge in [-0.05, 0) is 64.7 Å². The number of hydrogen-bond acceptors (Lipinski definition) is 21. The Bertz CT molecular complexity index is 1730. The standard InChI is InChI=1S/C69H126N4O23/c1-3-69(57-94-38-26-61(75)22-19-36-85-45-51-91-53-47-87-40-28-64(78)71-33-17-11-5-8-14-24-67(81)82,58-95-39-27-62(76)23-20-37-86-46-52-92-54-48-88-41-29-65(79)72-34-18-12-6-9-15-25-68(83)84)59-96-43-31-66(80)73-35-44-90-50-56-93-55-49-89-42-30-63(77)70-32-16-10-4-7-13-21-60(2)74/h3-59H2,1-2H3,(H,70,77)(H,71,78)(H,72,79)(H,73,80)(H,81,82)(H,83,84). The van der Waals surface area contributed by atoms with Crippen molar-refractivity contribution < 1.29 is 110 Å². The maximum Gasteiger partial charge on any atom is 0.303 e. The summed E-state index contributed by atoms with van der Waals surface area (Å²) in [5.41, 5.74) is -0.611. The van der Waals surface area contributed by atoms with Gasteiger partial charge in [-0.15, -0.1) is 0 Å². The van der Waals surface area contributed by atoms with Crippen LogP contribution in [-0.2, 0) is 100.0 Å². The number of ether oxygens (including phenoxy) is 12. The topological polar surface area (TPSA) is 353 Å². The van der Waals surface area contributed by atoms with E-state index in [0.29, 0.717) is 196 Å². The zero-order valence-corrected chi connectivity index (χ0v) is 58.8. The molecule has 27 heteroatoms. The molecule has 0 aliphatic heterocycles. The molecule has 0 aromatic heterocycles. The number of aliphatic carboxylic acids is 2. The minimum Gasteiger partial charge on any atom is -0.481 e. The number of carboxylic acids is 2. The van der Waals surface area contributed by atoms with Crippen molar-refractivity contribution >= 4 is 52.9 Å². The minimum absolute atomic E-state index is 0.0432. The van der Waals surface area contributed by atoms with Crippen LogP contribution in [0.3, 0.4) is 0 Å². The van der Waals surface area contributed by atoms with E-state index in [2.05, 4.69) is 21.3 Å². The van der Waals surface area contributed by atoms with Gasteiger partial charge in [-0.3, -0.25) is 38.4 Å². The number of Topliss-reactive ketones (excluding diaryl/α,β-unsaturated/α-hetero) is 3. The maximum atomic E-state index is 12.8. The molecule has 0 aromatic carbocycles. The first kappa shape index (κ1) is 91.4. The van der Waals surface area contributed by atoms with Gasteiger partial charge in [0.05, 0.1) is 145 Å². The fourth-order valence-electron chi connectivity index (χ4n) is 9.14. The third kappa shape index (κ3) is 69.3. The van der Waals surface area contributed by atoms with Crippen LogP contribution in [0.25, 0.3) is 0 Å². The number of rotatable bonds is 78. The number of amides is 4. The summed E-state index contributed by atoms with van der Waals surface area (Å²) in [5.74, 6) is -1.62. The molecule has 0 saturated carbocycles. The average Bonchev–Trinajstić information content (AvgIpc) is 1.46. The van der Waals surface area contributed by atoms with Crippen LogP contribution < -0.4 is 21.3 Å². The van der Waals surface area contributed by atoms with E-state index in [4.69, 9.17) is 67.1 Å². The second kappa shape index (κ2) is 70.2. The summed E-state index contributed by atoms with van der Waals surface area (Å²) < 4.78 is 68.1. The number of nitrogens with one attached hydrogen (secondary N) is 4. The van der Waals surface area contributed by atoms with Gasteiger partial charge < -0.3 is 93.1 Å². The number of unbranched alkanes of at least 4 members (excludes halogenated alkanes) is 12. The Labute approximate surface area is 572 Å². The molecule has 96 heavy (non-hydrogen) atoms. The molecule has 4 amide bonds. The van der Waals surface area contributed by atoms with Crippen molar-refractivity contribution in [1.82, 2.24) is 21.3 Å². The van der Waals surface area contributed by atoms with Gasteiger partial charge in [0.1, 0.15) is 17.3 Å². The fraction of sp³-hybridized carbons (Fsp3) is 0.870. The molecule has 0 radical (unpaired) electrons. The second-order valence-corrected chi connectivity index (χ2v) is 23.7. The molecule has 0 fully saturated rings. The third-order valence-electron chi connectivity index (χ3n) is 15.0. The summed E-state index contributed by atoms with van der Waals surface area (Å²) >= 11 is 0. The van der Waals surface area contributed by atoms with Crippen LogP contribution in [0, 0.1) is 5.41 Å². The van der Waals surface area contributed by atoms with Crippen molar-refractivity contribution in [3.8, 4) is 0 Å². The van der Waals surface area contributed by atoms with Gasteiger partial charge in [0.2, 0.25) is 23.6 Å². The Hall–Kier alpha value is -4.65. The first-order valence-electron chi connectivity index (χ1n) is 35.6. The molecule has 0 bridgehead atoms. The Balaban J connectivity index is 4.51. The van der Waals surface area contributed by atoms with Crippen LogP contribution in [0.4, 0.5) is 0 Å². The summed E-state index contributed by atoms with van der Waals surface area (Å²) in [6.07, 6.45) is 18.3. The van der Waals surface area contributed by atoms with Gasteiger partial charge in [-0.1, -0.05) is 64.7 Å². The van der Waals surface area contributed by atoms with Gasteiger partial charge >= 0.3 is 11.9 Å². The number of carbonyl (C=O) groups excluding carboxylic acids is 7. The molecule has 560 valence electrons. The Morgan fingerprint density at radius 1 is 0.260 bits per heavy atom. The third-order valence-corrected chi connectivity index (χ3v) is 15.0. The molecule has 27 nitrogen and oxygen atoms in total. The first-order valence-corrected chi connectivity index (χ1v) is 35.6. The van der Waals surface area contributed by atoms with E-state index in [1.165, 1.54) is 0 Å². The van der Waals surface area contributed by atoms with E-state index < -0.39 is 17.4 Å². The summed E-state index contributed by atoms with van der Waals surface area (Å²) in [6.45, 7) is 13.3. The molecule has 0 aliphatic carbocycles. The highest BCUT2D eigenvalue weighted by molar-refractivity contribution is 5.79. The Morgan fingerprint density at radius 2 is 0.521 bits per heavy atom. The van der Waals surface area contributed by atoms with E-state index in [1.54, 1.807) is 6.92 Å². The normalized spacial score (nSPS) is 11.4. The molecule has 0 atom stereocenters. The summed E-state index contributed by atoms with van der Waals surface area (Å²) in [5, 5.41) is 28.9. The summed E-state index contributed by atoms with van der Waals surface area (Å²) in [6, 6.07) is 0. The lowest BCUT2D eigenvalue weighted by molar-refractivity contribution is -0.138. The molecule has 0 rings (SSSR count). The van der Waals surface area contributed by atoms with Crippen LogP contribution >= 0.6 is 0 Å². The fourth-order valence-corrected chi connectivity index (χ4v) is 9.14. The largest absolute Gasteiger partial charge is 0.481 e. The van der Waals surface area contributed by atoms with Gasteiger partial charge in [-0.2, -0.15) is 0 Å². The van der Waals surface area contributed by atoms with Gasteiger partial charge in [0, 0.05) is 115 Å². The monoisotopic (exact) mass is 1380 g/mol. The smallest absolute Gasteiger partial charge is 0.303 e. The lowest BCUT2D eigenvalue weighted by Crippen LogP contribution is -2.38. The van der Waals surface area contributed by atoms with Crippen molar-refractivity contribution in [3.63, 3.8) is 0 Å². The minimum atomic E-state index is -0.772. The highest BCUT2D eigenvalue weighted by atomic mass is 16.6. The van der Waals surface area contributed by atoms with Crippen LogP contribution in [0.5, 0.6) is 0 Å². The predicted octanol–water partition coefficient (Wildman–Crippen LogP) is 6.87. The van der Waals surface area contributed by atoms with Crippen LogP contribution in [-0.4, -0.2) is 248 Å². The lowest BCUT2D eigenvalue weighted by atomic mass is 9.88. The predicted molar refractivity (Wildman–Crippen MR) is 360 cm³/mol.